The SMILES string of the molecule is Nc1ccc(C(=O)OCC(=O)Nc2ccccc2)c(F)c1. The zero-order valence-corrected chi connectivity index (χ0v) is 11.0. The van der Waals surface area contributed by atoms with E-state index in [0.29, 0.717) is 5.69 Å². The van der Waals surface area contributed by atoms with Crippen LogP contribution in [0.4, 0.5) is 15.8 Å². The Balaban J connectivity index is 1.90. The minimum absolute atomic E-state index is 0.200. The van der Waals surface area contributed by atoms with Crippen LogP contribution < -0.4 is 11.1 Å². The number of carbonyl (C=O) groups excluding carboxylic acids is 2. The van der Waals surface area contributed by atoms with Gasteiger partial charge in [0.25, 0.3) is 5.91 Å². The number of anilines is 2. The van der Waals surface area contributed by atoms with Crippen molar-refractivity contribution in [3.8, 4) is 0 Å². The van der Waals surface area contributed by atoms with Gasteiger partial charge in [-0.3, -0.25) is 4.79 Å². The number of halogens is 1. The maximum atomic E-state index is 13.5. The smallest absolute Gasteiger partial charge is 0.341 e. The highest BCUT2D eigenvalue weighted by Gasteiger charge is 2.15. The van der Waals surface area contributed by atoms with Gasteiger partial charge in [0.2, 0.25) is 0 Å². The highest BCUT2D eigenvalue weighted by molar-refractivity contribution is 5.95. The lowest BCUT2D eigenvalue weighted by Gasteiger charge is -2.07. The van der Waals surface area contributed by atoms with Crippen molar-refractivity contribution in [3.05, 3.63) is 59.9 Å². The first-order valence-electron chi connectivity index (χ1n) is 6.13. The number of nitrogens with one attached hydrogen (secondary N) is 1. The number of hydrogen-bond donors (Lipinski definition) is 2. The van der Waals surface area contributed by atoms with E-state index in [4.69, 9.17) is 10.5 Å². The molecular formula is C15H13FN2O3. The van der Waals surface area contributed by atoms with E-state index < -0.39 is 24.3 Å². The van der Waals surface area contributed by atoms with Gasteiger partial charge >= 0.3 is 5.97 Å². The van der Waals surface area contributed by atoms with E-state index in [2.05, 4.69) is 5.32 Å². The first kappa shape index (κ1) is 14.5. The van der Waals surface area contributed by atoms with Gasteiger partial charge in [-0.2, -0.15) is 0 Å². The Labute approximate surface area is 120 Å². The minimum atomic E-state index is -0.921. The molecular weight excluding hydrogens is 275 g/mol. The van der Waals surface area contributed by atoms with Crippen LogP contribution in [0.15, 0.2) is 48.5 Å². The largest absolute Gasteiger partial charge is 0.452 e. The number of para-hydroxylation sites is 1. The van der Waals surface area contributed by atoms with Crippen LogP contribution in [0.25, 0.3) is 0 Å². The minimum Gasteiger partial charge on any atom is -0.452 e. The molecule has 0 fully saturated rings. The molecule has 0 heterocycles. The van der Waals surface area contributed by atoms with Gasteiger partial charge < -0.3 is 15.8 Å². The number of hydrogen-bond acceptors (Lipinski definition) is 4. The molecule has 0 saturated carbocycles. The van der Waals surface area contributed by atoms with Crippen LogP contribution in [-0.4, -0.2) is 18.5 Å². The number of ether oxygens (including phenoxy) is 1. The van der Waals surface area contributed by atoms with Crippen LogP contribution in [0.3, 0.4) is 0 Å². The van der Waals surface area contributed by atoms with Gasteiger partial charge in [0.05, 0.1) is 5.56 Å². The van der Waals surface area contributed by atoms with E-state index in [1.54, 1.807) is 30.3 Å². The number of carbonyl (C=O) groups is 2. The number of esters is 1. The van der Waals surface area contributed by atoms with Gasteiger partial charge in [-0.15, -0.1) is 0 Å². The Kier molecular flexibility index (Phi) is 4.50. The summed E-state index contributed by atoms with van der Waals surface area (Å²) in [7, 11) is 0. The monoisotopic (exact) mass is 288 g/mol. The summed E-state index contributed by atoms with van der Waals surface area (Å²) >= 11 is 0. The zero-order chi connectivity index (χ0) is 15.2. The summed E-state index contributed by atoms with van der Waals surface area (Å²) in [6.07, 6.45) is 0. The van der Waals surface area contributed by atoms with Crippen molar-refractivity contribution in [1.82, 2.24) is 0 Å². The van der Waals surface area contributed by atoms with Crippen molar-refractivity contribution in [2.24, 2.45) is 0 Å². The molecule has 0 aromatic heterocycles. The Hall–Kier alpha value is -2.89. The summed E-state index contributed by atoms with van der Waals surface area (Å²) in [5, 5.41) is 2.54. The first-order valence-corrected chi connectivity index (χ1v) is 6.13. The Morgan fingerprint density at radius 2 is 1.86 bits per heavy atom. The lowest BCUT2D eigenvalue weighted by atomic mass is 10.2. The third-order valence-corrected chi connectivity index (χ3v) is 2.60. The number of amides is 1. The van der Waals surface area contributed by atoms with Gasteiger partial charge in [-0.05, 0) is 30.3 Å². The van der Waals surface area contributed by atoms with Crippen LogP contribution in [-0.2, 0) is 9.53 Å². The molecule has 0 atom stereocenters. The summed E-state index contributed by atoms with van der Waals surface area (Å²) in [5.74, 6) is -2.22. The van der Waals surface area contributed by atoms with Crippen molar-refractivity contribution in [2.75, 3.05) is 17.7 Å². The van der Waals surface area contributed by atoms with Crippen LogP contribution in [0.1, 0.15) is 10.4 Å². The third-order valence-electron chi connectivity index (χ3n) is 2.60. The van der Waals surface area contributed by atoms with E-state index in [1.807, 2.05) is 0 Å². The van der Waals surface area contributed by atoms with Gasteiger partial charge in [-0.1, -0.05) is 18.2 Å². The molecule has 6 heteroatoms. The molecule has 0 saturated heterocycles. The number of nitrogens with two attached hydrogens (primary N) is 1. The molecule has 1 amide bonds. The summed E-state index contributed by atoms with van der Waals surface area (Å²) in [6.45, 7) is -0.502. The van der Waals surface area contributed by atoms with E-state index in [1.165, 1.54) is 12.1 Å². The first-order chi connectivity index (χ1) is 10.1. The van der Waals surface area contributed by atoms with E-state index in [9.17, 15) is 14.0 Å². The summed E-state index contributed by atoms with van der Waals surface area (Å²) in [5.41, 5.74) is 5.89. The average molecular weight is 288 g/mol. The maximum Gasteiger partial charge on any atom is 0.341 e. The number of nitrogen functional groups attached to an aromatic ring is 1. The Morgan fingerprint density at radius 1 is 1.14 bits per heavy atom. The topological polar surface area (TPSA) is 81.4 Å². The molecule has 0 aliphatic carbocycles. The van der Waals surface area contributed by atoms with Crippen molar-refractivity contribution in [3.63, 3.8) is 0 Å². The Morgan fingerprint density at radius 3 is 2.52 bits per heavy atom. The fraction of sp³-hybridized carbons (Fsp3) is 0.0667. The fourth-order valence-electron chi connectivity index (χ4n) is 1.62. The standard InChI is InChI=1S/C15H13FN2O3/c16-13-8-10(17)6-7-12(13)15(20)21-9-14(19)18-11-4-2-1-3-5-11/h1-8H,9,17H2,(H,18,19). The molecule has 3 N–H and O–H groups in total. The molecule has 0 radical (unpaired) electrons. The van der Waals surface area contributed by atoms with Crippen molar-refractivity contribution >= 4 is 23.3 Å². The normalized spacial score (nSPS) is 9.95. The molecule has 0 bridgehead atoms. The molecule has 21 heavy (non-hydrogen) atoms. The molecule has 0 aliphatic heterocycles. The van der Waals surface area contributed by atoms with Gasteiger partial charge in [0, 0.05) is 11.4 Å². The maximum absolute atomic E-state index is 13.5. The second kappa shape index (κ2) is 6.51. The molecule has 5 nitrogen and oxygen atoms in total. The molecule has 0 unspecified atom stereocenters. The predicted molar refractivity (Wildman–Crippen MR) is 76.2 cm³/mol. The Bertz CT molecular complexity index is 659. The molecule has 2 rings (SSSR count). The van der Waals surface area contributed by atoms with E-state index in [-0.39, 0.29) is 11.3 Å². The molecule has 0 aliphatic rings. The fourth-order valence-corrected chi connectivity index (χ4v) is 1.62. The number of benzene rings is 2. The third kappa shape index (κ3) is 4.04. The zero-order valence-electron chi connectivity index (χ0n) is 11.0. The molecule has 2 aromatic rings. The average Bonchev–Trinajstić information content (AvgIpc) is 2.46. The summed E-state index contributed by atoms with van der Waals surface area (Å²) in [6, 6.07) is 12.3. The van der Waals surface area contributed by atoms with Crippen LogP contribution >= 0.6 is 0 Å². The highest BCUT2D eigenvalue weighted by atomic mass is 19.1. The van der Waals surface area contributed by atoms with Crippen LogP contribution in [0.2, 0.25) is 0 Å². The molecule has 108 valence electrons. The van der Waals surface area contributed by atoms with Crippen molar-refractivity contribution < 1.29 is 18.7 Å². The van der Waals surface area contributed by atoms with Crippen molar-refractivity contribution in [2.45, 2.75) is 0 Å². The van der Waals surface area contributed by atoms with E-state index >= 15 is 0 Å². The van der Waals surface area contributed by atoms with E-state index in [0.717, 1.165) is 6.07 Å². The van der Waals surface area contributed by atoms with Crippen LogP contribution in [0, 0.1) is 5.82 Å². The van der Waals surface area contributed by atoms with Gasteiger partial charge in [0.1, 0.15) is 5.82 Å². The second-order valence-electron chi connectivity index (χ2n) is 4.23. The lowest BCUT2D eigenvalue weighted by Crippen LogP contribution is -2.21. The molecule has 0 spiro atoms. The quantitative estimate of drug-likeness (QED) is 0.667. The molecule has 2 aromatic carbocycles. The van der Waals surface area contributed by atoms with Gasteiger partial charge in [0.15, 0.2) is 6.61 Å². The van der Waals surface area contributed by atoms with Crippen LogP contribution in [0.5, 0.6) is 0 Å². The van der Waals surface area contributed by atoms with Gasteiger partial charge in [-0.25, -0.2) is 9.18 Å². The number of rotatable bonds is 4. The predicted octanol–water partition coefficient (Wildman–Crippen LogP) is 2.20. The second-order valence-corrected chi connectivity index (χ2v) is 4.23. The highest BCUT2D eigenvalue weighted by Crippen LogP contribution is 2.13. The summed E-state index contributed by atoms with van der Waals surface area (Å²) in [4.78, 5) is 23.2. The van der Waals surface area contributed by atoms with Crippen molar-refractivity contribution in [1.29, 1.82) is 0 Å². The lowest BCUT2D eigenvalue weighted by molar-refractivity contribution is -0.119. The summed E-state index contributed by atoms with van der Waals surface area (Å²) < 4.78 is 18.2.